The van der Waals surface area contributed by atoms with E-state index in [9.17, 15) is 14.7 Å². The minimum atomic E-state index is -1.13. The van der Waals surface area contributed by atoms with Gasteiger partial charge in [0.1, 0.15) is 0 Å². The number of aromatic carboxylic acids is 1. The maximum Gasteiger partial charge on any atom is 0.336 e. The molecule has 0 aromatic heterocycles. The number of carbonyl (C=O) groups excluding carboxylic acids is 1. The molecule has 3 N–H and O–H groups in total. The molecule has 2 rings (SSSR count). The molecule has 1 aromatic rings. The molecule has 0 saturated heterocycles. The number of benzene rings is 1. The van der Waals surface area contributed by atoms with Crippen molar-refractivity contribution < 1.29 is 19.8 Å². The molecule has 1 fully saturated rings. The predicted molar refractivity (Wildman–Crippen MR) is 78.3 cm³/mol. The first-order chi connectivity index (χ1) is 9.97. The fourth-order valence-corrected chi connectivity index (χ4v) is 2.81. The summed E-state index contributed by atoms with van der Waals surface area (Å²) in [4.78, 5) is 23.6. The average Bonchev–Trinajstić information content (AvgIpc) is 2.49. The Balaban J connectivity index is 2.19. The fourth-order valence-electron chi connectivity index (χ4n) is 2.81. The van der Waals surface area contributed by atoms with E-state index in [0.29, 0.717) is 18.8 Å². The highest BCUT2D eigenvalue weighted by molar-refractivity contribution is 6.05. The highest BCUT2D eigenvalue weighted by atomic mass is 16.4. The second kappa shape index (κ2) is 6.26. The van der Waals surface area contributed by atoms with Gasteiger partial charge in [-0.25, -0.2) is 4.79 Å². The highest BCUT2D eigenvalue weighted by Crippen LogP contribution is 2.32. The lowest BCUT2D eigenvalue weighted by Crippen LogP contribution is -2.53. The molecule has 0 atom stereocenters. The average molecular weight is 291 g/mol. The second-order valence-electron chi connectivity index (χ2n) is 5.93. The third-order valence-electron chi connectivity index (χ3n) is 4.31. The van der Waals surface area contributed by atoms with Gasteiger partial charge in [-0.2, -0.15) is 0 Å². The van der Waals surface area contributed by atoms with Gasteiger partial charge in [0.25, 0.3) is 5.91 Å². The van der Waals surface area contributed by atoms with Gasteiger partial charge in [0.15, 0.2) is 0 Å². The number of aliphatic hydroxyl groups is 1. The minimum Gasteiger partial charge on any atom is -0.478 e. The van der Waals surface area contributed by atoms with Gasteiger partial charge in [0.2, 0.25) is 0 Å². The number of hydrogen-bond acceptors (Lipinski definition) is 3. The van der Waals surface area contributed by atoms with Gasteiger partial charge in [0.05, 0.1) is 23.3 Å². The van der Waals surface area contributed by atoms with Crippen molar-refractivity contribution in [2.45, 2.75) is 38.1 Å². The largest absolute Gasteiger partial charge is 0.478 e. The van der Waals surface area contributed by atoms with Crippen molar-refractivity contribution in [1.82, 2.24) is 5.32 Å². The van der Waals surface area contributed by atoms with Crippen LogP contribution in [0.5, 0.6) is 0 Å². The molecule has 0 unspecified atom stereocenters. The zero-order valence-electron chi connectivity index (χ0n) is 12.1. The van der Waals surface area contributed by atoms with Crippen LogP contribution in [-0.2, 0) is 0 Å². The fraction of sp³-hybridized carbons (Fsp3) is 0.500. The number of nitrogens with one attached hydrogen (secondary N) is 1. The Kier molecular flexibility index (Phi) is 4.63. The summed E-state index contributed by atoms with van der Waals surface area (Å²) >= 11 is 0. The molecule has 0 aliphatic heterocycles. The third-order valence-corrected chi connectivity index (χ3v) is 4.31. The van der Waals surface area contributed by atoms with E-state index in [-0.39, 0.29) is 17.7 Å². The van der Waals surface area contributed by atoms with Gasteiger partial charge in [-0.05, 0) is 43.7 Å². The first-order valence-electron chi connectivity index (χ1n) is 7.23. The predicted octanol–water partition coefficient (Wildman–Crippen LogP) is 2.06. The quantitative estimate of drug-likeness (QED) is 0.792. The molecule has 21 heavy (non-hydrogen) atoms. The lowest BCUT2D eigenvalue weighted by atomic mass is 9.77. The molecule has 1 saturated carbocycles. The molecule has 1 aliphatic carbocycles. The monoisotopic (exact) mass is 291 g/mol. The summed E-state index contributed by atoms with van der Waals surface area (Å²) < 4.78 is 0. The molecule has 5 heteroatoms. The van der Waals surface area contributed by atoms with E-state index in [1.807, 2.05) is 0 Å². The lowest BCUT2D eigenvalue weighted by Gasteiger charge is -2.38. The molecular weight excluding hydrogens is 270 g/mol. The number of hydrogen-bond donors (Lipinski definition) is 3. The van der Waals surface area contributed by atoms with E-state index in [2.05, 4.69) is 12.2 Å². The van der Waals surface area contributed by atoms with E-state index in [4.69, 9.17) is 5.11 Å². The van der Waals surface area contributed by atoms with Crippen LogP contribution >= 0.6 is 0 Å². The molecule has 1 amide bonds. The summed E-state index contributed by atoms with van der Waals surface area (Å²) in [5, 5.41) is 21.7. The molecule has 5 nitrogen and oxygen atoms in total. The van der Waals surface area contributed by atoms with Crippen molar-refractivity contribution in [2.75, 3.05) is 6.61 Å². The summed E-state index contributed by atoms with van der Waals surface area (Å²) in [5.74, 6) is -0.972. The van der Waals surface area contributed by atoms with Crippen LogP contribution in [0, 0.1) is 5.92 Å². The van der Waals surface area contributed by atoms with Crippen LogP contribution in [0.4, 0.5) is 0 Å². The van der Waals surface area contributed by atoms with Gasteiger partial charge in [-0.1, -0.05) is 19.1 Å². The van der Waals surface area contributed by atoms with Gasteiger partial charge in [-0.3, -0.25) is 4.79 Å². The zero-order valence-corrected chi connectivity index (χ0v) is 12.1. The van der Waals surface area contributed by atoms with Gasteiger partial charge in [0, 0.05) is 0 Å². The Morgan fingerprint density at radius 2 is 1.81 bits per heavy atom. The molecule has 1 aliphatic rings. The van der Waals surface area contributed by atoms with E-state index >= 15 is 0 Å². The normalized spacial score (nSPS) is 25.3. The van der Waals surface area contributed by atoms with Gasteiger partial charge in [-0.15, -0.1) is 0 Å². The van der Waals surface area contributed by atoms with Crippen molar-refractivity contribution in [1.29, 1.82) is 0 Å². The molecule has 1 aromatic carbocycles. The van der Waals surface area contributed by atoms with Crippen molar-refractivity contribution in [2.24, 2.45) is 5.92 Å². The van der Waals surface area contributed by atoms with Crippen molar-refractivity contribution in [3.05, 3.63) is 35.4 Å². The maximum atomic E-state index is 12.4. The van der Waals surface area contributed by atoms with Crippen LogP contribution < -0.4 is 5.32 Å². The highest BCUT2D eigenvalue weighted by Gasteiger charge is 2.35. The lowest BCUT2D eigenvalue weighted by molar-refractivity contribution is 0.0669. The third kappa shape index (κ3) is 3.42. The van der Waals surface area contributed by atoms with E-state index < -0.39 is 17.4 Å². The van der Waals surface area contributed by atoms with E-state index in [1.54, 1.807) is 12.1 Å². The summed E-state index contributed by atoms with van der Waals surface area (Å²) in [7, 11) is 0. The Morgan fingerprint density at radius 3 is 2.33 bits per heavy atom. The van der Waals surface area contributed by atoms with Crippen molar-refractivity contribution in [3.63, 3.8) is 0 Å². The standard InChI is InChI=1S/C16H21NO4/c1-11-6-8-16(10-18,9-7-11)17-14(19)12-4-2-3-5-13(12)15(20)21/h2-5,11,18H,6-10H2,1H3,(H,17,19)(H,20,21). The summed E-state index contributed by atoms with van der Waals surface area (Å²) in [6.45, 7) is 2.03. The molecule has 0 radical (unpaired) electrons. The number of rotatable bonds is 4. The minimum absolute atomic E-state index is 0.0210. The summed E-state index contributed by atoms with van der Waals surface area (Å²) in [5.41, 5.74) is -0.515. The first-order valence-corrected chi connectivity index (χ1v) is 7.23. The molecule has 114 valence electrons. The van der Waals surface area contributed by atoms with E-state index in [0.717, 1.165) is 12.8 Å². The Bertz CT molecular complexity index is 533. The molecule has 0 spiro atoms. The maximum absolute atomic E-state index is 12.4. The van der Waals surface area contributed by atoms with Crippen LogP contribution in [0.3, 0.4) is 0 Å². The number of carboxylic acid groups (broad SMARTS) is 1. The smallest absolute Gasteiger partial charge is 0.336 e. The first kappa shape index (κ1) is 15.5. The Hall–Kier alpha value is -1.88. The number of amides is 1. The van der Waals surface area contributed by atoms with Crippen LogP contribution in [0.1, 0.15) is 53.3 Å². The summed E-state index contributed by atoms with van der Waals surface area (Å²) in [6.07, 6.45) is 3.32. The Morgan fingerprint density at radius 1 is 1.24 bits per heavy atom. The van der Waals surface area contributed by atoms with Crippen LogP contribution in [-0.4, -0.2) is 34.2 Å². The molecular formula is C16H21NO4. The topological polar surface area (TPSA) is 86.6 Å². The number of carbonyl (C=O) groups is 2. The van der Waals surface area contributed by atoms with Crippen LogP contribution in [0.15, 0.2) is 24.3 Å². The Labute approximate surface area is 124 Å². The second-order valence-corrected chi connectivity index (χ2v) is 5.93. The zero-order chi connectivity index (χ0) is 15.5. The number of carboxylic acids is 1. The number of aliphatic hydroxyl groups excluding tert-OH is 1. The van der Waals surface area contributed by atoms with Gasteiger partial charge >= 0.3 is 5.97 Å². The summed E-state index contributed by atoms with van der Waals surface area (Å²) in [6, 6.07) is 6.13. The van der Waals surface area contributed by atoms with Gasteiger partial charge < -0.3 is 15.5 Å². The van der Waals surface area contributed by atoms with Crippen LogP contribution in [0.25, 0.3) is 0 Å². The van der Waals surface area contributed by atoms with Crippen molar-refractivity contribution >= 4 is 11.9 Å². The SMILES string of the molecule is CC1CCC(CO)(NC(=O)c2ccccc2C(=O)O)CC1. The van der Waals surface area contributed by atoms with Crippen molar-refractivity contribution in [3.8, 4) is 0 Å². The molecule has 0 bridgehead atoms. The van der Waals surface area contributed by atoms with Crippen LogP contribution in [0.2, 0.25) is 0 Å². The molecule has 0 heterocycles. The van der Waals surface area contributed by atoms with E-state index in [1.165, 1.54) is 12.1 Å².